The van der Waals surface area contributed by atoms with Gasteiger partial charge in [-0.05, 0) is 18.1 Å². The molecule has 0 amide bonds. The van der Waals surface area contributed by atoms with Crippen LogP contribution in [0.3, 0.4) is 0 Å². The Hall–Kier alpha value is -3.87. The summed E-state index contributed by atoms with van der Waals surface area (Å²) in [6, 6.07) is 13.8. The van der Waals surface area contributed by atoms with Crippen molar-refractivity contribution in [2.45, 2.75) is 26.3 Å². The summed E-state index contributed by atoms with van der Waals surface area (Å²) in [6.45, 7) is 2.50. The van der Waals surface area contributed by atoms with E-state index in [1.165, 1.54) is 12.1 Å². The van der Waals surface area contributed by atoms with Gasteiger partial charge in [0.05, 0.1) is 17.0 Å². The van der Waals surface area contributed by atoms with Gasteiger partial charge < -0.3 is 18.8 Å². The molecule has 0 atom stereocenters. The quantitative estimate of drug-likeness (QED) is 0.395. The number of carboxylic acid groups (broad SMARTS) is 1. The zero-order chi connectivity index (χ0) is 21.3. The maximum absolute atomic E-state index is 12.7. The molecule has 0 bridgehead atoms. The highest BCUT2D eigenvalue weighted by Gasteiger charge is 2.18. The van der Waals surface area contributed by atoms with E-state index < -0.39 is 17.5 Å². The number of hydrogen-bond acceptors (Lipinski definition) is 5. The number of aryl methyl sites for hydroxylation is 1. The summed E-state index contributed by atoms with van der Waals surface area (Å²) in [6.07, 6.45) is 1.41. The molecule has 0 aliphatic heterocycles. The summed E-state index contributed by atoms with van der Waals surface area (Å²) >= 11 is 0. The normalized spacial score (nSPS) is 11.1. The van der Waals surface area contributed by atoms with Gasteiger partial charge in [-0.1, -0.05) is 43.7 Å². The fourth-order valence-corrected chi connectivity index (χ4v) is 3.69. The van der Waals surface area contributed by atoms with Crippen LogP contribution in [-0.4, -0.2) is 15.8 Å². The molecule has 0 fully saturated rings. The van der Waals surface area contributed by atoms with Crippen molar-refractivity contribution in [3.05, 3.63) is 86.3 Å². The molecule has 30 heavy (non-hydrogen) atoms. The third-order valence-electron chi connectivity index (χ3n) is 4.91. The number of ether oxygens (including phenoxy) is 1. The van der Waals surface area contributed by atoms with Gasteiger partial charge in [0.25, 0.3) is 5.95 Å². The van der Waals surface area contributed by atoms with Crippen molar-refractivity contribution in [2.24, 2.45) is 0 Å². The van der Waals surface area contributed by atoms with Crippen LogP contribution in [0.2, 0.25) is 0 Å². The Labute approximate surface area is 170 Å². The summed E-state index contributed by atoms with van der Waals surface area (Å²) in [4.78, 5) is 36.2. The van der Waals surface area contributed by atoms with Crippen LogP contribution < -0.4 is 15.6 Å². The van der Waals surface area contributed by atoms with E-state index in [9.17, 15) is 14.4 Å². The lowest BCUT2D eigenvalue weighted by molar-refractivity contribution is 0.133. The summed E-state index contributed by atoms with van der Waals surface area (Å²) in [5.74, 6) is -0.399. The van der Waals surface area contributed by atoms with E-state index in [1.54, 1.807) is 6.20 Å². The van der Waals surface area contributed by atoms with Gasteiger partial charge in [0.2, 0.25) is 0 Å². The number of fused-ring (bicyclic) bond motifs is 2. The molecule has 4 rings (SSSR count). The fraction of sp³-hybridized carbons (Fsp3) is 0.174. The fourth-order valence-electron chi connectivity index (χ4n) is 3.69. The second-order valence-corrected chi connectivity index (χ2v) is 6.97. The van der Waals surface area contributed by atoms with E-state index in [1.807, 2.05) is 41.8 Å². The minimum atomic E-state index is -1.57. The van der Waals surface area contributed by atoms with Gasteiger partial charge in [-0.2, -0.15) is 0 Å². The maximum Gasteiger partial charge on any atom is 0.513 e. The average Bonchev–Trinajstić information content (AvgIpc) is 2.71. The lowest BCUT2D eigenvalue weighted by atomic mass is 10.0. The minimum absolute atomic E-state index is 0.196. The first-order valence-electron chi connectivity index (χ1n) is 9.55. The van der Waals surface area contributed by atoms with Gasteiger partial charge in [0.1, 0.15) is 5.58 Å². The molecule has 4 aromatic rings. The Morgan fingerprint density at radius 2 is 1.83 bits per heavy atom. The Balaban J connectivity index is 2.07. The Morgan fingerprint density at radius 3 is 2.53 bits per heavy atom. The molecule has 1 N–H and O–H groups in total. The molecule has 152 valence electrons. The van der Waals surface area contributed by atoms with E-state index in [4.69, 9.17) is 9.52 Å². The highest BCUT2D eigenvalue weighted by atomic mass is 16.7. The molecular weight excluding hydrogens is 386 g/mol. The standard InChI is InChI=1S/C23H19NO6/c1-2-6-15-21-16(11-17-19(26)12-20(29-22(15)17)30-23(27)28)18(25)9-10-24(21)13-14-7-4-3-5-8-14/h3-5,7-12H,2,6,13H2,1H3,(H,27,28). The summed E-state index contributed by atoms with van der Waals surface area (Å²) < 4.78 is 12.2. The molecule has 0 saturated heterocycles. The number of nitrogens with zero attached hydrogens (tertiary/aromatic N) is 1. The van der Waals surface area contributed by atoms with Crippen LogP contribution in [0.25, 0.3) is 21.9 Å². The van der Waals surface area contributed by atoms with Crippen LogP contribution in [0.4, 0.5) is 4.79 Å². The first-order chi connectivity index (χ1) is 14.5. The predicted molar refractivity (Wildman–Crippen MR) is 112 cm³/mol. The van der Waals surface area contributed by atoms with E-state index in [0.717, 1.165) is 18.1 Å². The number of aromatic nitrogens is 1. The number of pyridine rings is 1. The molecule has 2 aromatic heterocycles. The van der Waals surface area contributed by atoms with Gasteiger partial charge in [-0.25, -0.2) is 4.79 Å². The molecule has 0 radical (unpaired) electrons. The summed E-state index contributed by atoms with van der Waals surface area (Å²) in [7, 11) is 0. The zero-order valence-corrected chi connectivity index (χ0v) is 16.3. The predicted octanol–water partition coefficient (Wildman–Crippen LogP) is 4.17. The highest BCUT2D eigenvalue weighted by Crippen LogP contribution is 2.29. The van der Waals surface area contributed by atoms with Crippen LogP contribution in [0.5, 0.6) is 5.95 Å². The molecular formula is C23H19NO6. The van der Waals surface area contributed by atoms with Crippen LogP contribution >= 0.6 is 0 Å². The smallest absolute Gasteiger partial charge is 0.449 e. The van der Waals surface area contributed by atoms with Crippen molar-refractivity contribution in [1.29, 1.82) is 0 Å². The molecule has 7 heteroatoms. The highest BCUT2D eigenvalue weighted by molar-refractivity contribution is 5.98. The van der Waals surface area contributed by atoms with Crippen molar-refractivity contribution in [3.8, 4) is 5.95 Å². The molecule has 0 unspecified atom stereocenters. The largest absolute Gasteiger partial charge is 0.513 e. The number of rotatable bonds is 5. The number of benzene rings is 2. The molecule has 0 aliphatic rings. The third kappa shape index (κ3) is 3.57. The van der Waals surface area contributed by atoms with Crippen LogP contribution in [-0.2, 0) is 13.0 Å². The van der Waals surface area contributed by atoms with Crippen LogP contribution in [0.15, 0.2) is 68.7 Å². The number of carbonyl (C=O) groups is 1. The van der Waals surface area contributed by atoms with E-state index >= 15 is 0 Å². The average molecular weight is 405 g/mol. The molecule has 0 saturated carbocycles. The molecule has 0 aliphatic carbocycles. The van der Waals surface area contributed by atoms with Gasteiger partial charge in [-0.15, -0.1) is 0 Å². The third-order valence-corrected chi connectivity index (χ3v) is 4.91. The SMILES string of the molecule is CCCc1c2oc(OC(=O)O)cc(=O)c2cc2c(=O)ccn(Cc3ccccc3)c12. The Bertz CT molecular complexity index is 1370. The van der Waals surface area contributed by atoms with Gasteiger partial charge in [0.15, 0.2) is 10.9 Å². The van der Waals surface area contributed by atoms with Crippen molar-refractivity contribution in [1.82, 2.24) is 4.57 Å². The second-order valence-electron chi connectivity index (χ2n) is 6.97. The first-order valence-corrected chi connectivity index (χ1v) is 9.55. The first kappa shape index (κ1) is 19.4. The van der Waals surface area contributed by atoms with Crippen LogP contribution in [0.1, 0.15) is 24.5 Å². The Kier molecular flexibility index (Phi) is 5.10. The number of hydrogen-bond donors (Lipinski definition) is 1. The minimum Gasteiger partial charge on any atom is -0.449 e. The lowest BCUT2D eigenvalue weighted by Crippen LogP contribution is -2.13. The van der Waals surface area contributed by atoms with Crippen molar-refractivity contribution in [3.63, 3.8) is 0 Å². The van der Waals surface area contributed by atoms with Gasteiger partial charge in [-0.3, -0.25) is 9.59 Å². The monoisotopic (exact) mass is 405 g/mol. The van der Waals surface area contributed by atoms with Gasteiger partial charge in [0, 0.05) is 29.8 Å². The van der Waals surface area contributed by atoms with Crippen molar-refractivity contribution in [2.75, 3.05) is 0 Å². The molecule has 0 spiro atoms. The van der Waals surface area contributed by atoms with E-state index in [-0.39, 0.29) is 16.4 Å². The topological polar surface area (TPSA) is 98.7 Å². The van der Waals surface area contributed by atoms with Gasteiger partial charge >= 0.3 is 6.16 Å². The maximum atomic E-state index is 12.7. The summed E-state index contributed by atoms with van der Waals surface area (Å²) in [5.41, 5.74) is 1.96. The van der Waals surface area contributed by atoms with Crippen LogP contribution in [0, 0.1) is 0 Å². The second kappa shape index (κ2) is 7.87. The molecule has 2 aromatic carbocycles. The lowest BCUT2D eigenvalue weighted by Gasteiger charge is -2.16. The Morgan fingerprint density at radius 1 is 1.07 bits per heavy atom. The van der Waals surface area contributed by atoms with E-state index in [0.29, 0.717) is 29.4 Å². The molecule has 7 nitrogen and oxygen atoms in total. The zero-order valence-electron chi connectivity index (χ0n) is 16.3. The van der Waals surface area contributed by atoms with Crippen molar-refractivity contribution >= 4 is 28.0 Å². The van der Waals surface area contributed by atoms with Crippen molar-refractivity contribution < 1.29 is 19.1 Å². The van der Waals surface area contributed by atoms with E-state index in [2.05, 4.69) is 4.74 Å². The molecule has 2 heterocycles. The summed E-state index contributed by atoms with van der Waals surface area (Å²) in [5, 5.41) is 9.53.